The highest BCUT2D eigenvalue weighted by molar-refractivity contribution is 5.50. The third-order valence-corrected chi connectivity index (χ3v) is 6.07. The lowest BCUT2D eigenvalue weighted by Gasteiger charge is -2.36. The van der Waals surface area contributed by atoms with Gasteiger partial charge in [0.25, 0.3) is 5.56 Å². The van der Waals surface area contributed by atoms with E-state index >= 15 is 0 Å². The molecule has 2 aliphatic rings. The molecule has 1 saturated heterocycles. The van der Waals surface area contributed by atoms with Gasteiger partial charge in [0.05, 0.1) is 18.4 Å². The van der Waals surface area contributed by atoms with Crippen LogP contribution < -0.4 is 10.5 Å². The van der Waals surface area contributed by atoms with E-state index in [9.17, 15) is 4.79 Å². The van der Waals surface area contributed by atoms with Crippen LogP contribution in [0.1, 0.15) is 29.8 Å². The zero-order valence-electron chi connectivity index (χ0n) is 16.9. The fourth-order valence-electron chi connectivity index (χ4n) is 4.44. The zero-order chi connectivity index (χ0) is 19.8. The van der Waals surface area contributed by atoms with Gasteiger partial charge in [-0.3, -0.25) is 9.69 Å². The van der Waals surface area contributed by atoms with Crippen molar-refractivity contribution < 1.29 is 0 Å². The van der Waals surface area contributed by atoms with Crippen LogP contribution in [0, 0.1) is 6.92 Å². The molecule has 0 amide bonds. The molecule has 3 aromatic heterocycles. The van der Waals surface area contributed by atoms with Crippen LogP contribution in [-0.2, 0) is 19.4 Å². The summed E-state index contributed by atoms with van der Waals surface area (Å²) in [7, 11) is 0. The molecule has 0 radical (unpaired) electrons. The Morgan fingerprint density at radius 2 is 1.86 bits per heavy atom. The highest BCUT2D eigenvalue weighted by atomic mass is 16.1. The maximum atomic E-state index is 12.4. The molecule has 8 nitrogen and oxygen atoms in total. The predicted molar refractivity (Wildman–Crippen MR) is 112 cm³/mol. The van der Waals surface area contributed by atoms with E-state index in [1.165, 1.54) is 12.8 Å². The summed E-state index contributed by atoms with van der Waals surface area (Å²) in [6, 6.07) is 5.85. The van der Waals surface area contributed by atoms with Gasteiger partial charge < -0.3 is 4.90 Å². The minimum absolute atomic E-state index is 0.0395. The van der Waals surface area contributed by atoms with Crippen molar-refractivity contribution >= 4 is 11.5 Å². The van der Waals surface area contributed by atoms with Crippen molar-refractivity contribution in [2.75, 3.05) is 37.6 Å². The van der Waals surface area contributed by atoms with Crippen molar-refractivity contribution in [2.24, 2.45) is 0 Å². The second-order valence-electron chi connectivity index (χ2n) is 8.07. The normalized spacial score (nSPS) is 17.6. The van der Waals surface area contributed by atoms with E-state index in [4.69, 9.17) is 0 Å². The quantitative estimate of drug-likeness (QED) is 0.665. The molecule has 152 valence electrons. The molecule has 0 saturated carbocycles. The van der Waals surface area contributed by atoms with Crippen LogP contribution in [-0.4, -0.2) is 62.0 Å². The molecule has 1 fully saturated rings. The minimum atomic E-state index is 0.0395. The van der Waals surface area contributed by atoms with E-state index in [0.29, 0.717) is 6.54 Å². The van der Waals surface area contributed by atoms with Gasteiger partial charge in [-0.05, 0) is 38.2 Å². The van der Waals surface area contributed by atoms with Gasteiger partial charge in [0, 0.05) is 56.6 Å². The Bertz CT molecular complexity index is 1080. The van der Waals surface area contributed by atoms with Crippen LogP contribution in [0.3, 0.4) is 0 Å². The lowest BCUT2D eigenvalue weighted by Crippen LogP contribution is -2.48. The molecular formula is C21H27N7O. The van der Waals surface area contributed by atoms with E-state index in [2.05, 4.69) is 31.0 Å². The van der Waals surface area contributed by atoms with Crippen molar-refractivity contribution in [1.29, 1.82) is 0 Å². The van der Waals surface area contributed by atoms with E-state index in [0.717, 1.165) is 74.0 Å². The lowest BCUT2D eigenvalue weighted by molar-refractivity contribution is 0.241. The Morgan fingerprint density at radius 3 is 2.72 bits per heavy atom. The molecule has 0 bridgehead atoms. The molecule has 1 aliphatic heterocycles. The molecule has 5 rings (SSSR count). The maximum absolute atomic E-state index is 12.4. The van der Waals surface area contributed by atoms with Crippen molar-refractivity contribution in [1.82, 2.24) is 29.3 Å². The van der Waals surface area contributed by atoms with E-state index in [-0.39, 0.29) is 5.56 Å². The summed E-state index contributed by atoms with van der Waals surface area (Å²) in [5.74, 6) is 1.10. The summed E-state index contributed by atoms with van der Waals surface area (Å²) in [4.78, 5) is 21.7. The summed E-state index contributed by atoms with van der Waals surface area (Å²) in [6.07, 6.45) is 6.15. The molecule has 29 heavy (non-hydrogen) atoms. The maximum Gasteiger partial charge on any atom is 0.267 e. The number of nitrogens with zero attached hydrogens (tertiary/aromatic N) is 7. The Hall–Kier alpha value is -2.74. The van der Waals surface area contributed by atoms with Crippen molar-refractivity contribution in [3.05, 3.63) is 51.7 Å². The first-order chi connectivity index (χ1) is 14.2. The smallest absolute Gasteiger partial charge is 0.267 e. The van der Waals surface area contributed by atoms with Gasteiger partial charge in [0.1, 0.15) is 5.82 Å². The lowest BCUT2D eigenvalue weighted by atomic mass is 9.97. The molecule has 0 spiro atoms. The van der Waals surface area contributed by atoms with Gasteiger partial charge in [-0.15, -0.1) is 0 Å². The van der Waals surface area contributed by atoms with Gasteiger partial charge in [0.2, 0.25) is 0 Å². The summed E-state index contributed by atoms with van der Waals surface area (Å²) in [5.41, 5.74) is 4.21. The first-order valence-electron chi connectivity index (χ1n) is 10.6. The second kappa shape index (κ2) is 7.59. The Labute approximate surface area is 169 Å². The molecule has 4 heterocycles. The molecule has 0 atom stereocenters. The monoisotopic (exact) mass is 393 g/mol. The van der Waals surface area contributed by atoms with Gasteiger partial charge >= 0.3 is 0 Å². The number of fused-ring (bicyclic) bond motifs is 2. The van der Waals surface area contributed by atoms with Crippen LogP contribution in [0.4, 0.5) is 5.82 Å². The number of hydrogen-bond acceptors (Lipinski definition) is 6. The largest absolute Gasteiger partial charge is 0.354 e. The third-order valence-electron chi connectivity index (χ3n) is 6.07. The highest BCUT2D eigenvalue weighted by Gasteiger charge is 2.20. The van der Waals surface area contributed by atoms with Gasteiger partial charge in [0.15, 0.2) is 5.65 Å². The Kier molecular flexibility index (Phi) is 4.79. The average molecular weight is 393 g/mol. The topological polar surface area (TPSA) is 71.6 Å². The third kappa shape index (κ3) is 3.64. The molecule has 3 aromatic rings. The molecule has 8 heteroatoms. The number of piperazine rings is 1. The molecule has 0 aromatic carbocycles. The first kappa shape index (κ1) is 18.3. The van der Waals surface area contributed by atoms with Crippen molar-refractivity contribution in [3.8, 4) is 0 Å². The second-order valence-corrected chi connectivity index (χ2v) is 8.07. The fourth-order valence-corrected chi connectivity index (χ4v) is 4.44. The van der Waals surface area contributed by atoms with E-state index < -0.39 is 0 Å². The molecule has 0 N–H and O–H groups in total. The van der Waals surface area contributed by atoms with Crippen LogP contribution in [0.15, 0.2) is 29.2 Å². The number of rotatable bonds is 4. The Morgan fingerprint density at radius 1 is 1.03 bits per heavy atom. The van der Waals surface area contributed by atoms with Crippen molar-refractivity contribution in [3.63, 3.8) is 0 Å². The predicted octanol–water partition coefficient (Wildman–Crippen LogP) is 1.30. The van der Waals surface area contributed by atoms with E-state index in [1.807, 2.05) is 17.5 Å². The SMILES string of the molecule is Cc1cc(N2CCN(CCn3nc4c(cc3=O)CCCC4)CC2)n2nccc2n1. The number of aryl methyl sites for hydroxylation is 3. The van der Waals surface area contributed by atoms with Crippen LogP contribution in [0.25, 0.3) is 5.65 Å². The summed E-state index contributed by atoms with van der Waals surface area (Å²) < 4.78 is 3.58. The highest BCUT2D eigenvalue weighted by Crippen LogP contribution is 2.19. The number of anilines is 1. The van der Waals surface area contributed by atoms with Crippen LogP contribution in [0.2, 0.25) is 0 Å². The van der Waals surface area contributed by atoms with Crippen LogP contribution in [0.5, 0.6) is 0 Å². The Balaban J connectivity index is 1.23. The fraction of sp³-hybridized carbons (Fsp3) is 0.524. The van der Waals surface area contributed by atoms with Crippen LogP contribution >= 0.6 is 0 Å². The number of hydrogen-bond donors (Lipinski definition) is 0. The minimum Gasteiger partial charge on any atom is -0.354 e. The molecular weight excluding hydrogens is 366 g/mol. The number of aromatic nitrogens is 5. The summed E-state index contributed by atoms with van der Waals surface area (Å²) in [5, 5.41) is 9.07. The first-order valence-corrected chi connectivity index (χ1v) is 10.6. The molecule has 0 unspecified atom stereocenters. The van der Waals surface area contributed by atoms with Gasteiger partial charge in [-0.1, -0.05) is 0 Å². The van der Waals surface area contributed by atoms with Gasteiger partial charge in [-0.2, -0.15) is 14.7 Å². The summed E-state index contributed by atoms with van der Waals surface area (Å²) >= 11 is 0. The average Bonchev–Trinajstić information content (AvgIpc) is 3.20. The van der Waals surface area contributed by atoms with Gasteiger partial charge in [-0.25, -0.2) is 9.67 Å². The molecule has 1 aliphatic carbocycles. The summed E-state index contributed by atoms with van der Waals surface area (Å²) in [6.45, 7) is 7.33. The standard InChI is InChI=1S/C21H27N7O/c1-16-14-20(28-19(23-16)6-7-22-28)26-11-8-25(9-12-26)10-13-27-21(29)15-17-4-2-3-5-18(17)24-27/h6-7,14-15H,2-5,8-13H2,1H3. The zero-order valence-corrected chi connectivity index (χ0v) is 16.9. The van der Waals surface area contributed by atoms with E-state index in [1.54, 1.807) is 16.9 Å². The van der Waals surface area contributed by atoms with Crippen molar-refractivity contribution in [2.45, 2.75) is 39.2 Å².